The highest BCUT2D eigenvalue weighted by Crippen LogP contribution is 2.46. The number of nitrogens with one attached hydrogen (secondary N) is 2. The first-order valence-electron chi connectivity index (χ1n) is 16.7. The van der Waals surface area contributed by atoms with E-state index in [9.17, 15) is 14.7 Å². The van der Waals surface area contributed by atoms with Crippen molar-refractivity contribution in [2.45, 2.75) is 64.8 Å². The zero-order valence-electron chi connectivity index (χ0n) is 28.0. The minimum atomic E-state index is -0.833. The number of carboxylic acids is 1. The molecule has 1 aliphatic carbocycles. The maximum absolute atomic E-state index is 16.0. The Morgan fingerprint density at radius 3 is 2.66 bits per heavy atom. The van der Waals surface area contributed by atoms with Crippen LogP contribution >= 0.6 is 23.2 Å². The Balaban J connectivity index is 1.12. The Morgan fingerprint density at radius 2 is 1.90 bits per heavy atom. The number of anilines is 1. The summed E-state index contributed by atoms with van der Waals surface area (Å²) in [5.74, 6) is -2.05. The van der Waals surface area contributed by atoms with Crippen LogP contribution in [0.3, 0.4) is 0 Å². The molecule has 262 valence electrons. The molecule has 3 aliphatic rings. The molecule has 1 amide bonds. The van der Waals surface area contributed by atoms with Crippen LogP contribution in [0.15, 0.2) is 42.5 Å². The molecule has 3 atom stereocenters. The number of hydrogen-bond acceptors (Lipinski definition) is 7. The van der Waals surface area contributed by atoms with Gasteiger partial charge < -0.3 is 25.2 Å². The number of likely N-dealkylation sites (tertiary alicyclic amines) is 1. The number of aliphatic carboxylic acids is 1. The lowest BCUT2D eigenvalue weighted by Gasteiger charge is -2.22. The molecule has 0 saturated carbocycles. The Bertz CT molecular complexity index is 2000. The number of methoxy groups -OCH3 is 1. The highest BCUT2D eigenvalue weighted by molar-refractivity contribution is 6.36. The maximum Gasteiger partial charge on any atom is 0.346 e. The molecule has 0 spiro atoms. The van der Waals surface area contributed by atoms with E-state index >= 15 is 4.39 Å². The van der Waals surface area contributed by atoms with Crippen LogP contribution in [0.5, 0.6) is 11.5 Å². The summed E-state index contributed by atoms with van der Waals surface area (Å²) >= 11 is 13.6. The minimum Gasteiger partial charge on any atom is -0.493 e. The third-order valence-corrected chi connectivity index (χ3v) is 10.8. The summed E-state index contributed by atoms with van der Waals surface area (Å²) in [6.45, 7) is 5.92. The number of carbonyl (C=O) groups is 2. The van der Waals surface area contributed by atoms with E-state index in [1.54, 1.807) is 12.1 Å². The van der Waals surface area contributed by atoms with Gasteiger partial charge in [0.1, 0.15) is 6.10 Å². The summed E-state index contributed by atoms with van der Waals surface area (Å²) in [6, 6.07) is 12.9. The minimum absolute atomic E-state index is 0.0255. The van der Waals surface area contributed by atoms with E-state index in [0.717, 1.165) is 45.6 Å². The number of amides is 1. The lowest BCUT2D eigenvalue weighted by Crippen LogP contribution is -2.32. The van der Waals surface area contributed by atoms with Gasteiger partial charge in [0, 0.05) is 48.8 Å². The first-order valence-corrected chi connectivity index (χ1v) is 17.5. The van der Waals surface area contributed by atoms with Crippen LogP contribution in [0.2, 0.25) is 10.0 Å². The van der Waals surface area contributed by atoms with Gasteiger partial charge in [0.05, 0.1) is 40.1 Å². The molecule has 13 heteroatoms. The van der Waals surface area contributed by atoms with Crippen molar-refractivity contribution in [2.75, 3.05) is 25.5 Å². The Hall–Kier alpha value is -4.16. The number of halogens is 3. The van der Waals surface area contributed by atoms with Crippen LogP contribution in [0.1, 0.15) is 59.5 Å². The largest absolute Gasteiger partial charge is 0.493 e. The normalized spacial score (nSPS) is 20.0. The molecule has 3 aromatic carbocycles. The molecule has 4 aromatic rings. The number of carboxylic acid groups (broad SMARTS) is 1. The lowest BCUT2D eigenvalue weighted by atomic mass is 9.96. The van der Waals surface area contributed by atoms with Crippen molar-refractivity contribution in [1.29, 1.82) is 0 Å². The van der Waals surface area contributed by atoms with E-state index < -0.39 is 23.8 Å². The van der Waals surface area contributed by atoms with Crippen molar-refractivity contribution in [1.82, 2.24) is 20.0 Å². The smallest absolute Gasteiger partial charge is 0.346 e. The molecule has 10 nitrogen and oxygen atoms in total. The number of nitrogens with zero attached hydrogens (tertiary/aromatic N) is 3. The molecule has 1 aromatic heterocycles. The first-order chi connectivity index (χ1) is 24.0. The number of aromatic nitrogens is 2. The van der Waals surface area contributed by atoms with E-state index in [-0.39, 0.29) is 28.6 Å². The highest BCUT2D eigenvalue weighted by atomic mass is 35.5. The second-order valence-electron chi connectivity index (χ2n) is 13.3. The average molecular weight is 723 g/mol. The first kappa shape index (κ1) is 34.3. The number of hydrogen-bond donors (Lipinski definition) is 3. The van der Waals surface area contributed by atoms with Gasteiger partial charge in [-0.1, -0.05) is 53.5 Å². The van der Waals surface area contributed by atoms with E-state index in [2.05, 4.69) is 22.7 Å². The number of ether oxygens (including phenoxy) is 2. The summed E-state index contributed by atoms with van der Waals surface area (Å²) in [7, 11) is 1.39. The van der Waals surface area contributed by atoms with Crippen LogP contribution in [-0.4, -0.2) is 58.0 Å². The van der Waals surface area contributed by atoms with Gasteiger partial charge in [0.2, 0.25) is 5.82 Å². The monoisotopic (exact) mass is 721 g/mol. The van der Waals surface area contributed by atoms with E-state index in [0.29, 0.717) is 61.7 Å². The molecule has 2 aliphatic heterocycles. The van der Waals surface area contributed by atoms with Crippen molar-refractivity contribution in [3.8, 4) is 22.6 Å². The molecule has 50 heavy (non-hydrogen) atoms. The number of carbonyl (C=O) groups excluding carboxylic acids is 1. The number of fused-ring (bicyclic) bond motifs is 2. The van der Waals surface area contributed by atoms with E-state index in [1.165, 1.54) is 11.8 Å². The fourth-order valence-electron chi connectivity index (χ4n) is 7.46. The Morgan fingerprint density at radius 1 is 1.12 bits per heavy atom. The Labute approximate surface area is 299 Å². The van der Waals surface area contributed by atoms with Gasteiger partial charge in [0.15, 0.2) is 11.5 Å². The van der Waals surface area contributed by atoms with E-state index in [4.69, 9.17) is 32.7 Å². The number of benzene rings is 3. The van der Waals surface area contributed by atoms with Crippen molar-refractivity contribution in [3.63, 3.8) is 0 Å². The van der Waals surface area contributed by atoms with Gasteiger partial charge in [-0.25, -0.2) is 4.79 Å². The fraction of sp³-hybridized carbons (Fsp3) is 0.378. The van der Waals surface area contributed by atoms with Crippen LogP contribution in [0.4, 0.5) is 14.9 Å². The number of rotatable bonds is 8. The molecule has 3 heterocycles. The highest BCUT2D eigenvalue weighted by Gasteiger charge is 2.33. The molecule has 7 rings (SSSR count). The van der Waals surface area contributed by atoms with Gasteiger partial charge >= 0.3 is 12.0 Å². The predicted octanol–water partition coefficient (Wildman–Crippen LogP) is 7.40. The second-order valence-corrected chi connectivity index (χ2v) is 14.1. The summed E-state index contributed by atoms with van der Waals surface area (Å²) in [6.07, 6.45) is 2.05. The average Bonchev–Trinajstić information content (AvgIpc) is 3.81. The molecular weight excluding hydrogens is 684 g/mol. The van der Waals surface area contributed by atoms with Gasteiger partial charge in [-0.2, -0.15) is 14.2 Å². The predicted molar refractivity (Wildman–Crippen MR) is 189 cm³/mol. The van der Waals surface area contributed by atoms with Crippen molar-refractivity contribution in [2.24, 2.45) is 5.92 Å². The quantitative estimate of drug-likeness (QED) is 0.172. The third-order valence-electron chi connectivity index (χ3n) is 10.1. The molecule has 0 radical (unpaired) electrons. The molecule has 3 N–H and O–H groups in total. The zero-order chi connectivity index (χ0) is 35.3. The standard InChI is InChI=1S/C37H38Cl2FN5O5/c1-19-14-30-27(16-41-19)20(2)45(43-30)37(48)42-29-9-5-8-26(32(29)39)23-6-4-7-25-24(23)10-11-31(25)50-35-28(38)15-22(34(49-3)33(35)40)18-44-13-12-21(17-44)36(46)47/h4-9,15,19,21,31,41H,10-14,16-18H2,1-3H3,(H,42,48)(H,46,47). The van der Waals surface area contributed by atoms with Crippen LogP contribution in [0.25, 0.3) is 11.1 Å². The summed E-state index contributed by atoms with van der Waals surface area (Å²) < 4.78 is 29.1. The van der Waals surface area contributed by atoms with E-state index in [1.807, 2.05) is 42.2 Å². The summed E-state index contributed by atoms with van der Waals surface area (Å²) in [4.78, 5) is 26.8. The van der Waals surface area contributed by atoms with Crippen molar-refractivity contribution < 1.29 is 28.6 Å². The fourth-order valence-corrected chi connectivity index (χ4v) is 7.99. The van der Waals surface area contributed by atoms with Gasteiger partial charge in [0.25, 0.3) is 0 Å². The molecular formula is C37H38Cl2FN5O5. The van der Waals surface area contributed by atoms with Crippen molar-refractivity contribution >= 4 is 40.9 Å². The van der Waals surface area contributed by atoms with Gasteiger partial charge in [-0.3, -0.25) is 9.69 Å². The topological polar surface area (TPSA) is 118 Å². The van der Waals surface area contributed by atoms with Crippen LogP contribution in [0, 0.1) is 18.7 Å². The third kappa shape index (κ3) is 6.32. The van der Waals surface area contributed by atoms with Crippen molar-refractivity contribution in [3.05, 3.63) is 92.0 Å². The second kappa shape index (κ2) is 13.9. The van der Waals surface area contributed by atoms with Gasteiger partial charge in [-0.15, -0.1) is 0 Å². The molecule has 1 saturated heterocycles. The summed E-state index contributed by atoms with van der Waals surface area (Å²) in [5, 5.41) is 20.8. The summed E-state index contributed by atoms with van der Waals surface area (Å²) in [5.41, 5.74) is 7.30. The SMILES string of the molecule is COc1c(CN2CCC(C(=O)O)C2)cc(Cl)c(OC2CCc3c(-c4cccc(NC(=O)n5nc6c(c5C)CNC(C)C6)c4Cl)cccc32)c1F. The molecule has 1 fully saturated rings. The van der Waals surface area contributed by atoms with Crippen LogP contribution in [-0.2, 0) is 30.7 Å². The van der Waals surface area contributed by atoms with Gasteiger partial charge in [-0.05, 0) is 68.5 Å². The lowest BCUT2D eigenvalue weighted by molar-refractivity contribution is -0.141. The Kier molecular flexibility index (Phi) is 9.51. The molecule has 3 unspecified atom stereocenters. The zero-order valence-corrected chi connectivity index (χ0v) is 29.5. The maximum atomic E-state index is 16.0. The van der Waals surface area contributed by atoms with Crippen LogP contribution < -0.4 is 20.1 Å². The molecule has 0 bridgehead atoms.